The van der Waals surface area contributed by atoms with Crippen molar-refractivity contribution in [3.8, 4) is 11.5 Å². The van der Waals surface area contributed by atoms with Crippen molar-refractivity contribution < 1.29 is 19.1 Å². The number of carboxylic acid groups (broad SMARTS) is 1. The molecule has 2 N–H and O–H groups in total. The third kappa shape index (κ3) is 3.56. The molecule has 0 bridgehead atoms. The molecule has 0 aliphatic carbocycles. The van der Waals surface area contributed by atoms with E-state index in [1.54, 1.807) is 18.3 Å². The summed E-state index contributed by atoms with van der Waals surface area (Å²) >= 11 is 2.83. The maximum absolute atomic E-state index is 12.4. The lowest BCUT2D eigenvalue weighted by Crippen LogP contribution is -2.16. The molecule has 0 aliphatic rings. The van der Waals surface area contributed by atoms with E-state index in [1.807, 2.05) is 30.7 Å². The molecule has 3 heterocycles. The molecule has 0 fully saturated rings. The second-order valence-corrected chi connectivity index (χ2v) is 7.76. The Bertz CT molecular complexity index is 954. The zero-order chi connectivity index (χ0) is 18.8. The van der Waals surface area contributed by atoms with E-state index in [4.69, 9.17) is 4.42 Å². The monoisotopic (exact) mass is 390 g/mol. The molecular weight excluding hydrogens is 372 g/mol. The van der Waals surface area contributed by atoms with Crippen molar-refractivity contribution >= 4 is 39.6 Å². The molecular formula is C18H18N2O4S2. The van der Waals surface area contributed by atoms with Crippen molar-refractivity contribution in [1.82, 2.24) is 4.98 Å². The van der Waals surface area contributed by atoms with Gasteiger partial charge in [-0.3, -0.25) is 4.79 Å². The number of rotatable bonds is 6. The lowest BCUT2D eigenvalue weighted by Gasteiger charge is -2.04. The van der Waals surface area contributed by atoms with Gasteiger partial charge in [-0.05, 0) is 37.3 Å². The number of nitrogens with zero attached hydrogens (tertiary/aromatic N) is 1. The first-order chi connectivity index (χ1) is 12.4. The van der Waals surface area contributed by atoms with E-state index >= 15 is 0 Å². The lowest BCUT2D eigenvalue weighted by molar-refractivity contribution is -0.115. The van der Waals surface area contributed by atoms with Gasteiger partial charge >= 0.3 is 5.97 Å². The number of anilines is 1. The topological polar surface area (TPSA) is 92.4 Å². The summed E-state index contributed by atoms with van der Waals surface area (Å²) in [6.45, 7) is 5.52. The summed E-state index contributed by atoms with van der Waals surface area (Å²) in [6, 6.07) is 1.90. The highest BCUT2D eigenvalue weighted by atomic mass is 32.1. The first kappa shape index (κ1) is 18.3. The third-order valence-electron chi connectivity index (χ3n) is 4.02. The molecule has 8 heteroatoms. The average molecular weight is 390 g/mol. The van der Waals surface area contributed by atoms with Gasteiger partial charge in [-0.1, -0.05) is 6.92 Å². The molecule has 0 saturated heterocycles. The van der Waals surface area contributed by atoms with Gasteiger partial charge in [0.2, 0.25) is 11.8 Å². The molecule has 26 heavy (non-hydrogen) atoms. The lowest BCUT2D eigenvalue weighted by atomic mass is 10.1. The molecule has 0 aliphatic heterocycles. The van der Waals surface area contributed by atoms with Gasteiger partial charge in [0.05, 0.1) is 17.7 Å². The summed E-state index contributed by atoms with van der Waals surface area (Å²) in [6.07, 6.45) is 0.628. The van der Waals surface area contributed by atoms with Gasteiger partial charge in [0, 0.05) is 15.8 Å². The van der Waals surface area contributed by atoms with Gasteiger partial charge in [0.15, 0.2) is 0 Å². The summed E-state index contributed by atoms with van der Waals surface area (Å²) in [5.41, 5.74) is 2.36. The van der Waals surface area contributed by atoms with Crippen molar-refractivity contribution in [3.63, 3.8) is 0 Å². The Labute approximate surface area is 158 Å². The van der Waals surface area contributed by atoms with E-state index in [0.29, 0.717) is 28.8 Å². The number of hydrogen-bond acceptors (Lipinski definition) is 6. The van der Waals surface area contributed by atoms with Crippen LogP contribution in [0.5, 0.6) is 0 Å². The van der Waals surface area contributed by atoms with E-state index in [0.717, 1.165) is 16.0 Å². The fourth-order valence-corrected chi connectivity index (χ4v) is 4.53. The quantitative estimate of drug-likeness (QED) is 0.645. The smallest absolute Gasteiger partial charge is 0.339 e. The molecule has 6 nitrogen and oxygen atoms in total. The summed E-state index contributed by atoms with van der Waals surface area (Å²) in [7, 11) is 0. The fourth-order valence-electron chi connectivity index (χ4n) is 2.74. The van der Waals surface area contributed by atoms with E-state index in [9.17, 15) is 14.7 Å². The molecule has 1 amide bonds. The number of aromatic nitrogens is 1. The van der Waals surface area contributed by atoms with Crippen LogP contribution in [0, 0.1) is 13.8 Å². The number of amides is 1. The first-order valence-corrected chi connectivity index (χ1v) is 9.80. The summed E-state index contributed by atoms with van der Waals surface area (Å²) in [5, 5.41) is 16.4. The predicted molar refractivity (Wildman–Crippen MR) is 102 cm³/mol. The Morgan fingerprint density at radius 2 is 2.12 bits per heavy atom. The molecule has 0 saturated carbocycles. The van der Waals surface area contributed by atoms with Crippen LogP contribution in [0.15, 0.2) is 21.2 Å². The SMILES string of the molecule is CCc1c(C)sc(NC(=O)Cc2nc(-c3ccsc3)oc2C)c1C(=O)O. The van der Waals surface area contributed by atoms with Gasteiger partial charge in [0.1, 0.15) is 10.8 Å². The van der Waals surface area contributed by atoms with Crippen molar-refractivity contribution in [2.45, 2.75) is 33.6 Å². The summed E-state index contributed by atoms with van der Waals surface area (Å²) < 4.78 is 5.64. The molecule has 0 spiro atoms. The number of hydrogen-bond donors (Lipinski definition) is 2. The van der Waals surface area contributed by atoms with Gasteiger partial charge in [0.25, 0.3) is 0 Å². The average Bonchev–Trinajstić information content (AvgIpc) is 3.27. The highest BCUT2D eigenvalue weighted by Gasteiger charge is 2.23. The zero-order valence-electron chi connectivity index (χ0n) is 14.6. The highest BCUT2D eigenvalue weighted by molar-refractivity contribution is 7.16. The Balaban J connectivity index is 1.79. The molecule has 0 radical (unpaired) electrons. The van der Waals surface area contributed by atoms with E-state index in [2.05, 4.69) is 10.3 Å². The van der Waals surface area contributed by atoms with Crippen molar-refractivity contribution in [2.75, 3.05) is 5.32 Å². The zero-order valence-corrected chi connectivity index (χ0v) is 16.2. The molecule has 0 aromatic carbocycles. The third-order valence-corrected chi connectivity index (χ3v) is 5.76. The van der Waals surface area contributed by atoms with Gasteiger partial charge in [-0.15, -0.1) is 11.3 Å². The van der Waals surface area contributed by atoms with Crippen LogP contribution in [0.25, 0.3) is 11.5 Å². The molecule has 0 atom stereocenters. The minimum Gasteiger partial charge on any atom is -0.478 e. The second-order valence-electron chi connectivity index (χ2n) is 5.76. The fraction of sp³-hybridized carbons (Fsp3) is 0.278. The molecule has 136 valence electrons. The molecule has 3 aromatic rings. The van der Waals surface area contributed by atoms with Crippen molar-refractivity contribution in [1.29, 1.82) is 0 Å². The van der Waals surface area contributed by atoms with Crippen molar-refractivity contribution in [3.05, 3.63) is 44.3 Å². The molecule has 3 aromatic heterocycles. The Kier molecular flexibility index (Phi) is 5.24. The van der Waals surface area contributed by atoms with Crippen LogP contribution >= 0.6 is 22.7 Å². The maximum Gasteiger partial charge on any atom is 0.339 e. The Hall–Kier alpha value is -2.45. The van der Waals surface area contributed by atoms with Gasteiger partial charge in [-0.2, -0.15) is 11.3 Å². The standard InChI is InChI=1S/C18H18N2O4S2/c1-4-12-10(3)26-17(15(12)18(22)23)20-14(21)7-13-9(2)24-16(19-13)11-5-6-25-8-11/h5-6,8H,4,7H2,1-3H3,(H,20,21)(H,22,23). The number of carbonyl (C=O) groups excluding carboxylic acids is 1. The molecule has 3 rings (SSSR count). The van der Waals surface area contributed by atoms with Crippen LogP contribution < -0.4 is 5.32 Å². The van der Waals surface area contributed by atoms with Crippen LogP contribution in [0.3, 0.4) is 0 Å². The summed E-state index contributed by atoms with van der Waals surface area (Å²) in [5.74, 6) is -0.280. The molecule has 0 unspecified atom stereocenters. The normalized spacial score (nSPS) is 10.9. The van der Waals surface area contributed by atoms with Gasteiger partial charge in [-0.25, -0.2) is 9.78 Å². The van der Waals surface area contributed by atoms with Crippen LogP contribution in [-0.4, -0.2) is 22.0 Å². The van der Waals surface area contributed by atoms with Crippen molar-refractivity contribution in [2.24, 2.45) is 0 Å². The largest absolute Gasteiger partial charge is 0.478 e. The van der Waals surface area contributed by atoms with E-state index in [-0.39, 0.29) is 17.9 Å². The number of aryl methyl sites for hydroxylation is 2. The minimum atomic E-state index is -1.03. The number of aromatic carboxylic acids is 1. The van der Waals surface area contributed by atoms with Crippen LogP contribution in [0.4, 0.5) is 5.00 Å². The summed E-state index contributed by atoms with van der Waals surface area (Å²) in [4.78, 5) is 29.3. The number of thiophene rings is 2. The highest BCUT2D eigenvalue weighted by Crippen LogP contribution is 2.33. The maximum atomic E-state index is 12.4. The Morgan fingerprint density at radius 1 is 1.35 bits per heavy atom. The van der Waals surface area contributed by atoms with Crippen LogP contribution in [0.1, 0.15) is 39.2 Å². The van der Waals surface area contributed by atoms with E-state index < -0.39 is 5.97 Å². The number of nitrogens with one attached hydrogen (secondary N) is 1. The minimum absolute atomic E-state index is 0.0247. The predicted octanol–water partition coefficient (Wildman–Crippen LogP) is 4.52. The number of oxazole rings is 1. The van der Waals surface area contributed by atoms with Crippen LogP contribution in [-0.2, 0) is 17.6 Å². The Morgan fingerprint density at radius 3 is 2.73 bits per heavy atom. The number of carbonyl (C=O) groups is 2. The first-order valence-electron chi connectivity index (χ1n) is 8.05. The van der Waals surface area contributed by atoms with E-state index in [1.165, 1.54) is 11.3 Å². The second kappa shape index (κ2) is 7.43. The number of carboxylic acids is 1. The van der Waals surface area contributed by atoms with Gasteiger partial charge < -0.3 is 14.8 Å². The van der Waals surface area contributed by atoms with Crippen LogP contribution in [0.2, 0.25) is 0 Å².